The van der Waals surface area contributed by atoms with Gasteiger partial charge in [0.25, 0.3) is 0 Å². The summed E-state index contributed by atoms with van der Waals surface area (Å²) >= 11 is 0. The highest BCUT2D eigenvalue weighted by Gasteiger charge is 2.56. The predicted molar refractivity (Wildman–Crippen MR) is 158 cm³/mol. The van der Waals surface area contributed by atoms with Gasteiger partial charge < -0.3 is 0 Å². The molecule has 0 heterocycles. The second-order valence-corrected chi connectivity index (χ2v) is 16.0. The van der Waals surface area contributed by atoms with Crippen LogP contribution in [0.4, 0.5) is 13.2 Å². The number of fused-ring (bicyclic) bond motifs is 5. The molecule has 0 bridgehead atoms. The van der Waals surface area contributed by atoms with E-state index >= 15 is 0 Å². The molecule has 0 N–H and O–H groups in total. The molecule has 0 amide bonds. The topological polar surface area (TPSA) is 68.3 Å². The standard InChI is InChI=1S/C33H29F3O4S2/c1-32(42(39,40)25-10-7-9-24(19-25)33(34,35)36)20-23(27-12-5-6-13-30(27)41(2,37)38)18-22-15-16-28-26-11-4-3-8-21(26)14-17-29(28)31(22)32/h3-17,19,22-23,31H,18,20H2,1-2H3. The number of allylic oxidation sites excluding steroid dienone is 1. The average molecular weight is 611 g/mol. The molecule has 4 aromatic rings. The predicted octanol–water partition coefficient (Wildman–Crippen LogP) is 7.80. The van der Waals surface area contributed by atoms with Gasteiger partial charge in [-0.1, -0.05) is 72.8 Å². The molecule has 4 aromatic carbocycles. The number of rotatable bonds is 4. The van der Waals surface area contributed by atoms with Crippen molar-refractivity contribution >= 4 is 36.5 Å². The highest BCUT2D eigenvalue weighted by Crippen LogP contribution is 2.58. The maximum atomic E-state index is 14.7. The number of hydrogen-bond donors (Lipinski definition) is 0. The fourth-order valence-corrected chi connectivity index (χ4v) is 10.3. The van der Waals surface area contributed by atoms with Crippen LogP contribution in [0.1, 0.15) is 53.9 Å². The molecule has 0 aromatic heterocycles. The van der Waals surface area contributed by atoms with Crippen LogP contribution in [0.5, 0.6) is 0 Å². The summed E-state index contributed by atoms with van der Waals surface area (Å²) in [5.41, 5.74) is 1.22. The van der Waals surface area contributed by atoms with Crippen LogP contribution in [0.25, 0.3) is 16.8 Å². The highest BCUT2D eigenvalue weighted by atomic mass is 32.2. The van der Waals surface area contributed by atoms with Gasteiger partial charge >= 0.3 is 6.18 Å². The van der Waals surface area contributed by atoms with E-state index in [0.717, 1.165) is 40.3 Å². The molecule has 2 aliphatic carbocycles. The molecule has 0 saturated heterocycles. The van der Waals surface area contributed by atoms with Gasteiger partial charge in [0.2, 0.25) is 0 Å². The summed E-state index contributed by atoms with van der Waals surface area (Å²) in [5, 5.41) is 1.96. The summed E-state index contributed by atoms with van der Waals surface area (Å²) in [6.45, 7) is 1.62. The zero-order valence-corrected chi connectivity index (χ0v) is 24.6. The summed E-state index contributed by atoms with van der Waals surface area (Å²) in [7, 11) is -8.01. The van der Waals surface area contributed by atoms with Gasteiger partial charge in [-0.25, -0.2) is 16.8 Å². The second kappa shape index (κ2) is 9.81. The van der Waals surface area contributed by atoms with Gasteiger partial charge in [0.1, 0.15) is 0 Å². The Hall–Kier alpha value is -3.43. The number of sulfone groups is 2. The van der Waals surface area contributed by atoms with E-state index in [4.69, 9.17) is 0 Å². The highest BCUT2D eigenvalue weighted by molar-refractivity contribution is 7.93. The van der Waals surface area contributed by atoms with Crippen LogP contribution in [0.15, 0.2) is 101 Å². The first kappa shape index (κ1) is 28.7. The van der Waals surface area contributed by atoms with E-state index in [1.807, 2.05) is 48.6 Å². The van der Waals surface area contributed by atoms with Gasteiger partial charge in [0.05, 0.1) is 20.1 Å². The molecule has 4 atom stereocenters. The molecule has 4 nitrogen and oxygen atoms in total. The molecule has 1 fully saturated rings. The van der Waals surface area contributed by atoms with E-state index in [1.165, 1.54) is 12.1 Å². The van der Waals surface area contributed by atoms with Gasteiger partial charge in [-0.15, -0.1) is 0 Å². The lowest BCUT2D eigenvalue weighted by Gasteiger charge is -2.50. The first-order valence-electron chi connectivity index (χ1n) is 13.6. The third-order valence-corrected chi connectivity index (χ3v) is 12.7. The van der Waals surface area contributed by atoms with Crippen molar-refractivity contribution < 1.29 is 30.0 Å². The number of alkyl halides is 3. The van der Waals surface area contributed by atoms with Gasteiger partial charge in [-0.3, -0.25) is 0 Å². The van der Waals surface area contributed by atoms with E-state index in [9.17, 15) is 30.0 Å². The first-order valence-corrected chi connectivity index (χ1v) is 17.0. The monoisotopic (exact) mass is 610 g/mol. The Morgan fingerprint density at radius 1 is 0.833 bits per heavy atom. The minimum Gasteiger partial charge on any atom is -0.224 e. The second-order valence-electron chi connectivity index (χ2n) is 11.6. The fraction of sp³-hybridized carbons (Fsp3) is 0.273. The maximum Gasteiger partial charge on any atom is 0.416 e. The molecule has 0 radical (unpaired) electrons. The van der Waals surface area contributed by atoms with Crippen molar-refractivity contribution in [2.24, 2.45) is 5.92 Å². The number of benzene rings is 4. The van der Waals surface area contributed by atoms with Gasteiger partial charge in [0.15, 0.2) is 19.7 Å². The third kappa shape index (κ3) is 4.57. The van der Waals surface area contributed by atoms with E-state index in [2.05, 4.69) is 0 Å². The molecule has 0 aliphatic heterocycles. The largest absolute Gasteiger partial charge is 0.416 e. The van der Waals surface area contributed by atoms with Crippen LogP contribution in [0.2, 0.25) is 0 Å². The summed E-state index contributed by atoms with van der Waals surface area (Å²) in [4.78, 5) is -0.258. The van der Waals surface area contributed by atoms with E-state index in [1.54, 1.807) is 25.1 Å². The summed E-state index contributed by atoms with van der Waals surface area (Å²) in [6.07, 6.45) is 0.943. The number of hydrogen-bond acceptors (Lipinski definition) is 4. The van der Waals surface area contributed by atoms with Crippen LogP contribution in [-0.4, -0.2) is 27.8 Å². The van der Waals surface area contributed by atoms with Crippen LogP contribution in [0, 0.1) is 5.92 Å². The van der Waals surface area contributed by atoms with Crippen molar-refractivity contribution in [1.82, 2.24) is 0 Å². The molecule has 2 aliphatic rings. The smallest absolute Gasteiger partial charge is 0.224 e. The Labute approximate surface area is 243 Å². The zero-order valence-electron chi connectivity index (χ0n) is 23.0. The lowest BCUT2D eigenvalue weighted by Crippen LogP contribution is -2.50. The van der Waals surface area contributed by atoms with E-state index < -0.39 is 52.9 Å². The number of halogens is 3. The Morgan fingerprint density at radius 3 is 2.29 bits per heavy atom. The van der Waals surface area contributed by atoms with Gasteiger partial charge in [-0.2, -0.15) is 13.2 Å². The minimum atomic E-state index is -4.71. The van der Waals surface area contributed by atoms with E-state index in [0.29, 0.717) is 18.1 Å². The van der Waals surface area contributed by atoms with Crippen molar-refractivity contribution in [2.75, 3.05) is 6.26 Å². The molecular formula is C33H29F3O4S2. The molecule has 1 saturated carbocycles. The van der Waals surface area contributed by atoms with Crippen LogP contribution in [0.3, 0.4) is 0 Å². The van der Waals surface area contributed by atoms with Crippen LogP contribution >= 0.6 is 0 Å². The van der Waals surface area contributed by atoms with Crippen molar-refractivity contribution in [3.8, 4) is 0 Å². The van der Waals surface area contributed by atoms with Crippen molar-refractivity contribution in [1.29, 1.82) is 0 Å². The normalized spacial score (nSPS) is 24.3. The average Bonchev–Trinajstić information content (AvgIpc) is 2.95. The SMILES string of the molecule is CC1(S(=O)(=O)c2cccc(C(F)(F)F)c2)CC(c2ccccc2S(C)(=O)=O)CC2C=Cc3c(ccc4ccccc34)C21. The first-order chi connectivity index (χ1) is 19.7. The third-order valence-electron chi connectivity index (χ3n) is 8.99. The Balaban J connectivity index is 1.58. The lowest BCUT2D eigenvalue weighted by atomic mass is 9.61. The zero-order chi connectivity index (χ0) is 30.1. The fourth-order valence-electron chi connectivity index (χ4n) is 7.13. The summed E-state index contributed by atoms with van der Waals surface area (Å²) in [6, 6.07) is 22.2. The maximum absolute atomic E-state index is 14.7. The van der Waals surface area contributed by atoms with Crippen molar-refractivity contribution in [2.45, 2.75) is 52.3 Å². The molecule has 0 spiro atoms. The summed E-state index contributed by atoms with van der Waals surface area (Å²) in [5.74, 6) is -1.33. The molecular weight excluding hydrogens is 581 g/mol. The van der Waals surface area contributed by atoms with Crippen LogP contribution in [-0.2, 0) is 25.9 Å². The lowest BCUT2D eigenvalue weighted by molar-refractivity contribution is -0.137. The van der Waals surface area contributed by atoms with Crippen molar-refractivity contribution in [3.63, 3.8) is 0 Å². The van der Waals surface area contributed by atoms with Gasteiger partial charge in [-0.05, 0) is 83.3 Å². The van der Waals surface area contributed by atoms with Crippen LogP contribution < -0.4 is 0 Å². The molecule has 42 heavy (non-hydrogen) atoms. The molecule has 9 heteroatoms. The quantitative estimate of drug-likeness (QED) is 0.237. The minimum absolute atomic E-state index is 0.0411. The molecule has 4 unspecified atom stereocenters. The Morgan fingerprint density at radius 2 is 1.55 bits per heavy atom. The molecule has 218 valence electrons. The van der Waals surface area contributed by atoms with E-state index in [-0.39, 0.29) is 17.2 Å². The Bertz CT molecular complexity index is 1960. The molecule has 6 rings (SSSR count). The Kier molecular flexibility index (Phi) is 6.70. The van der Waals surface area contributed by atoms with Gasteiger partial charge in [0, 0.05) is 12.2 Å². The summed E-state index contributed by atoms with van der Waals surface area (Å²) < 4.78 is 94.3. The van der Waals surface area contributed by atoms with Crippen molar-refractivity contribution in [3.05, 3.63) is 113 Å².